The second-order valence-corrected chi connectivity index (χ2v) is 3.93. The number of halogens is 3. The van der Waals surface area contributed by atoms with Crippen LogP contribution in [0, 0.1) is 0 Å². The van der Waals surface area contributed by atoms with E-state index in [9.17, 15) is 13.2 Å². The van der Waals surface area contributed by atoms with E-state index in [4.69, 9.17) is 4.74 Å². The fourth-order valence-corrected chi connectivity index (χ4v) is 1.49. The predicted molar refractivity (Wildman–Crippen MR) is 69.0 cm³/mol. The van der Waals surface area contributed by atoms with Gasteiger partial charge in [-0.1, -0.05) is 12.1 Å². The lowest BCUT2D eigenvalue weighted by Crippen LogP contribution is -2.17. The van der Waals surface area contributed by atoms with Crippen LogP contribution in [-0.4, -0.2) is 23.4 Å². The zero-order valence-corrected chi connectivity index (χ0v) is 11.0. The number of alkyl halides is 3. The van der Waals surface area contributed by atoms with Gasteiger partial charge in [-0.2, -0.15) is 0 Å². The van der Waals surface area contributed by atoms with Crippen LogP contribution in [0.3, 0.4) is 0 Å². The molecule has 8 heteroatoms. The number of aromatic nitrogens is 2. The molecule has 0 unspecified atom stereocenters. The van der Waals surface area contributed by atoms with E-state index in [-0.39, 0.29) is 12.4 Å². The molecule has 1 aromatic heterocycles. The first-order chi connectivity index (χ1) is 9.98. The number of anilines is 1. The van der Waals surface area contributed by atoms with Gasteiger partial charge in [-0.05, 0) is 12.1 Å². The van der Waals surface area contributed by atoms with Crippen molar-refractivity contribution in [2.45, 2.75) is 13.0 Å². The molecule has 1 aromatic carbocycles. The number of nitrogens with one attached hydrogen (secondary N) is 1. The standard InChI is InChI=1S/C13H12F3N3O2/c1-17-12-7-18-9(6-19-12)8-20-10-4-2-3-5-11(10)21-13(14,15)16/h2-7H,8H2,1H3,(H,17,19). The molecule has 0 fully saturated rings. The van der Waals surface area contributed by atoms with Crippen molar-refractivity contribution < 1.29 is 22.6 Å². The Morgan fingerprint density at radius 2 is 1.81 bits per heavy atom. The molecule has 0 spiro atoms. The van der Waals surface area contributed by atoms with Gasteiger partial charge in [0.15, 0.2) is 11.5 Å². The highest BCUT2D eigenvalue weighted by molar-refractivity contribution is 5.39. The summed E-state index contributed by atoms with van der Waals surface area (Å²) in [5.41, 5.74) is 0.482. The first-order valence-electron chi connectivity index (χ1n) is 5.94. The Labute approximate surface area is 118 Å². The Balaban J connectivity index is 2.05. The molecule has 0 atom stereocenters. The average Bonchev–Trinajstić information content (AvgIpc) is 2.45. The molecule has 0 amide bonds. The summed E-state index contributed by atoms with van der Waals surface area (Å²) in [5, 5.41) is 2.80. The number of hydrogen-bond acceptors (Lipinski definition) is 5. The first-order valence-corrected chi connectivity index (χ1v) is 5.94. The zero-order chi connectivity index (χ0) is 15.3. The van der Waals surface area contributed by atoms with Gasteiger partial charge in [-0.25, -0.2) is 4.98 Å². The van der Waals surface area contributed by atoms with E-state index in [1.54, 1.807) is 13.1 Å². The molecule has 5 nitrogen and oxygen atoms in total. The Hall–Kier alpha value is -2.51. The van der Waals surface area contributed by atoms with E-state index in [0.29, 0.717) is 11.5 Å². The minimum Gasteiger partial charge on any atom is -0.483 e. The third kappa shape index (κ3) is 4.51. The Morgan fingerprint density at radius 3 is 2.38 bits per heavy atom. The highest BCUT2D eigenvalue weighted by atomic mass is 19.4. The number of benzene rings is 1. The van der Waals surface area contributed by atoms with Crippen LogP contribution in [0.25, 0.3) is 0 Å². The molecule has 1 N–H and O–H groups in total. The van der Waals surface area contributed by atoms with Crippen LogP contribution in [0.5, 0.6) is 11.5 Å². The molecule has 1 heterocycles. The second-order valence-electron chi connectivity index (χ2n) is 3.93. The number of nitrogens with zero attached hydrogens (tertiary/aromatic N) is 2. The lowest BCUT2D eigenvalue weighted by atomic mass is 10.3. The lowest BCUT2D eigenvalue weighted by molar-refractivity contribution is -0.275. The van der Waals surface area contributed by atoms with Gasteiger partial charge in [0.05, 0.1) is 18.1 Å². The van der Waals surface area contributed by atoms with Crippen molar-refractivity contribution in [3.8, 4) is 11.5 Å². The minimum absolute atomic E-state index is 0.0186. The summed E-state index contributed by atoms with van der Waals surface area (Å²) in [6, 6.07) is 5.54. The van der Waals surface area contributed by atoms with Gasteiger partial charge in [0.25, 0.3) is 0 Å². The van der Waals surface area contributed by atoms with Crippen molar-refractivity contribution in [1.29, 1.82) is 0 Å². The van der Waals surface area contributed by atoms with E-state index in [1.807, 2.05) is 0 Å². The molecular weight excluding hydrogens is 287 g/mol. The van der Waals surface area contributed by atoms with Crippen molar-refractivity contribution in [3.05, 3.63) is 42.4 Å². The van der Waals surface area contributed by atoms with Crippen LogP contribution in [0.15, 0.2) is 36.7 Å². The van der Waals surface area contributed by atoms with Crippen molar-refractivity contribution in [3.63, 3.8) is 0 Å². The van der Waals surface area contributed by atoms with E-state index < -0.39 is 12.1 Å². The lowest BCUT2D eigenvalue weighted by Gasteiger charge is -2.13. The summed E-state index contributed by atoms with van der Waals surface area (Å²) < 4.78 is 46.0. The van der Waals surface area contributed by atoms with E-state index in [1.165, 1.54) is 30.6 Å². The minimum atomic E-state index is -4.77. The van der Waals surface area contributed by atoms with E-state index >= 15 is 0 Å². The zero-order valence-electron chi connectivity index (χ0n) is 11.0. The molecule has 112 valence electrons. The van der Waals surface area contributed by atoms with E-state index in [2.05, 4.69) is 20.0 Å². The van der Waals surface area contributed by atoms with Gasteiger partial charge in [0.1, 0.15) is 12.4 Å². The maximum atomic E-state index is 12.3. The highest BCUT2D eigenvalue weighted by Crippen LogP contribution is 2.32. The van der Waals surface area contributed by atoms with Gasteiger partial charge in [0.2, 0.25) is 0 Å². The quantitative estimate of drug-likeness (QED) is 0.919. The third-order valence-corrected chi connectivity index (χ3v) is 2.41. The molecule has 0 radical (unpaired) electrons. The first kappa shape index (κ1) is 14.9. The fraction of sp³-hybridized carbons (Fsp3) is 0.231. The molecule has 0 aliphatic carbocycles. The Bertz CT molecular complexity index is 588. The maximum absolute atomic E-state index is 12.3. The van der Waals surface area contributed by atoms with Crippen LogP contribution in [0.1, 0.15) is 5.69 Å². The average molecular weight is 299 g/mol. The van der Waals surface area contributed by atoms with Crippen molar-refractivity contribution in [2.75, 3.05) is 12.4 Å². The largest absolute Gasteiger partial charge is 0.573 e. The van der Waals surface area contributed by atoms with Gasteiger partial charge in [-0.15, -0.1) is 13.2 Å². The molecular formula is C13H12F3N3O2. The van der Waals surface area contributed by atoms with Crippen molar-refractivity contribution in [1.82, 2.24) is 9.97 Å². The Morgan fingerprint density at radius 1 is 1.10 bits per heavy atom. The van der Waals surface area contributed by atoms with Gasteiger partial charge < -0.3 is 14.8 Å². The number of rotatable bonds is 5. The normalized spacial score (nSPS) is 11.0. The topological polar surface area (TPSA) is 56.3 Å². The van der Waals surface area contributed by atoms with E-state index in [0.717, 1.165) is 0 Å². The monoisotopic (exact) mass is 299 g/mol. The highest BCUT2D eigenvalue weighted by Gasteiger charge is 2.32. The smallest absolute Gasteiger partial charge is 0.483 e. The van der Waals surface area contributed by atoms with Gasteiger partial charge >= 0.3 is 6.36 Å². The van der Waals surface area contributed by atoms with Crippen LogP contribution in [0.4, 0.5) is 19.0 Å². The third-order valence-electron chi connectivity index (χ3n) is 2.41. The van der Waals surface area contributed by atoms with Crippen LogP contribution in [0.2, 0.25) is 0 Å². The van der Waals surface area contributed by atoms with Crippen LogP contribution in [-0.2, 0) is 6.61 Å². The molecule has 0 saturated heterocycles. The maximum Gasteiger partial charge on any atom is 0.573 e. The summed E-state index contributed by atoms with van der Waals surface area (Å²) in [6.45, 7) is -0.0186. The summed E-state index contributed by atoms with van der Waals surface area (Å²) in [7, 11) is 1.70. The Kier molecular flexibility index (Phi) is 4.46. The SMILES string of the molecule is CNc1cnc(COc2ccccc2OC(F)(F)F)cn1. The summed E-state index contributed by atoms with van der Waals surface area (Å²) in [4.78, 5) is 8.08. The molecule has 0 aliphatic rings. The second kappa shape index (κ2) is 6.29. The van der Waals surface area contributed by atoms with Gasteiger partial charge in [0, 0.05) is 7.05 Å². The molecule has 2 aromatic rings. The number of para-hydroxylation sites is 2. The summed E-state index contributed by atoms with van der Waals surface area (Å²) in [5.74, 6) is 0.165. The molecule has 0 saturated carbocycles. The van der Waals surface area contributed by atoms with Crippen LogP contribution >= 0.6 is 0 Å². The van der Waals surface area contributed by atoms with Crippen molar-refractivity contribution >= 4 is 5.82 Å². The van der Waals surface area contributed by atoms with Crippen molar-refractivity contribution in [2.24, 2.45) is 0 Å². The molecule has 2 rings (SSSR count). The summed E-state index contributed by atoms with van der Waals surface area (Å²) in [6.07, 6.45) is -1.80. The van der Waals surface area contributed by atoms with Gasteiger partial charge in [-0.3, -0.25) is 4.98 Å². The number of ether oxygens (including phenoxy) is 2. The predicted octanol–water partition coefficient (Wildman–Crippen LogP) is 3.00. The fourth-order valence-electron chi connectivity index (χ4n) is 1.49. The molecule has 0 aliphatic heterocycles. The molecule has 0 bridgehead atoms. The molecule has 21 heavy (non-hydrogen) atoms. The van der Waals surface area contributed by atoms with Crippen LogP contribution < -0.4 is 14.8 Å². The number of hydrogen-bond donors (Lipinski definition) is 1. The summed E-state index contributed by atoms with van der Waals surface area (Å²) >= 11 is 0.